The van der Waals surface area contributed by atoms with E-state index in [9.17, 15) is 51.1 Å². The van der Waals surface area contributed by atoms with Gasteiger partial charge in [0.25, 0.3) is 0 Å². The van der Waals surface area contributed by atoms with Gasteiger partial charge >= 0.3 is 0 Å². The van der Waals surface area contributed by atoms with Crippen LogP contribution in [0.1, 0.15) is 107 Å². The van der Waals surface area contributed by atoms with E-state index in [1.54, 1.807) is 0 Å². The Labute approximate surface area is 387 Å². The zero-order valence-electron chi connectivity index (χ0n) is 39.7. The lowest BCUT2D eigenvalue weighted by Gasteiger charge is -2.70. The minimum Gasteiger partial charge on any atom is -0.394 e. The van der Waals surface area contributed by atoms with Gasteiger partial charge in [0.2, 0.25) is 0 Å². The number of allylic oxidation sites excluding steroid dienone is 1. The second-order valence-electron chi connectivity index (χ2n) is 23.3. The highest BCUT2D eigenvalue weighted by Gasteiger charge is 2.82. The molecule has 0 radical (unpaired) electrons. The van der Waals surface area contributed by atoms with Crippen LogP contribution in [0.3, 0.4) is 0 Å². The van der Waals surface area contributed by atoms with Crippen LogP contribution < -0.4 is 0 Å². The second kappa shape index (κ2) is 17.4. The first-order valence-corrected chi connectivity index (χ1v) is 24.5. The molecule has 5 aliphatic heterocycles. The summed E-state index contributed by atoms with van der Waals surface area (Å²) >= 11 is 0. The summed E-state index contributed by atoms with van der Waals surface area (Å²) in [5, 5.41) is 109. The standard InChI is InChI=1S/C48H78O18/c1-21(2)9-12-29-46(8,58)39-23-10-11-27-44(6)15-14-28(43(4,5)26(44)13-16-45(27,7)47(23)19-48(39,66-29)59-20-47)63-42-38(65-40-35(56)33(54)30(51)22(3)60-40)37(32(53)25(18-50)62-42)64-41-36(57)34(55)31(52)24(17-49)61-41/h9,22-42,49-58H,10-20H2,1-8H3/t22-,23?,24-,25-,26?,27?,28?,29?,30+,31-,32-,33-,34-,35-,36-,37-,38-,39?,40+,41+,42+,44?,45?,46?,47?,48?/m1/s1. The van der Waals surface area contributed by atoms with E-state index in [2.05, 4.69) is 47.6 Å². The van der Waals surface area contributed by atoms with E-state index in [0.717, 1.165) is 38.5 Å². The summed E-state index contributed by atoms with van der Waals surface area (Å²) in [7, 11) is 0. The van der Waals surface area contributed by atoms with Gasteiger partial charge in [-0.05, 0) is 107 Å². The fourth-order valence-electron chi connectivity index (χ4n) is 15.9. The van der Waals surface area contributed by atoms with Gasteiger partial charge in [-0.3, -0.25) is 0 Å². The lowest BCUT2D eigenvalue weighted by molar-refractivity contribution is -0.398. The number of hydrogen-bond acceptors (Lipinski definition) is 18. The van der Waals surface area contributed by atoms with Crippen LogP contribution in [-0.2, 0) is 37.9 Å². The molecule has 0 aromatic rings. The van der Waals surface area contributed by atoms with Gasteiger partial charge in [-0.2, -0.15) is 0 Å². The first kappa shape index (κ1) is 50.0. The fraction of sp³-hybridized carbons (Fsp3) is 0.958. The van der Waals surface area contributed by atoms with Gasteiger partial charge in [0.05, 0.1) is 43.7 Å². The predicted molar refractivity (Wildman–Crippen MR) is 229 cm³/mol. The van der Waals surface area contributed by atoms with Crippen molar-refractivity contribution in [1.29, 1.82) is 0 Å². The predicted octanol–water partition coefficient (Wildman–Crippen LogP) is 0.355. The molecule has 0 amide bonds. The Morgan fingerprint density at radius 3 is 1.95 bits per heavy atom. The van der Waals surface area contributed by atoms with Crippen molar-refractivity contribution in [1.82, 2.24) is 0 Å². The number of aliphatic hydroxyl groups is 10. The maximum absolute atomic E-state index is 12.3. The lowest BCUT2D eigenvalue weighted by atomic mass is 9.35. The molecule has 11 unspecified atom stereocenters. The molecule has 4 aliphatic carbocycles. The van der Waals surface area contributed by atoms with Gasteiger partial charge in [-0.25, -0.2) is 0 Å². The van der Waals surface area contributed by atoms with Crippen LogP contribution in [0.15, 0.2) is 11.6 Å². The monoisotopic (exact) mass is 943 g/mol. The van der Waals surface area contributed by atoms with Crippen LogP contribution in [0, 0.1) is 45.3 Å². The Kier molecular flexibility index (Phi) is 13.1. The van der Waals surface area contributed by atoms with E-state index in [-0.39, 0.29) is 40.1 Å². The van der Waals surface area contributed by atoms with Crippen LogP contribution in [0.25, 0.3) is 0 Å². The minimum atomic E-state index is -1.86. The average molecular weight is 943 g/mol. The van der Waals surface area contributed by atoms with Crippen molar-refractivity contribution >= 4 is 0 Å². The molecular formula is C48H78O18. The average Bonchev–Trinajstić information content (AvgIpc) is 3.87. The number of hydrogen-bond donors (Lipinski definition) is 10. The number of aliphatic hydroxyl groups excluding tert-OH is 9. The number of ether oxygens (including phenoxy) is 8. The van der Waals surface area contributed by atoms with Crippen LogP contribution in [0.4, 0.5) is 0 Å². The molecule has 18 nitrogen and oxygen atoms in total. The first-order valence-electron chi connectivity index (χ1n) is 24.5. The summed E-state index contributed by atoms with van der Waals surface area (Å²) in [4.78, 5) is 0. The van der Waals surface area contributed by atoms with Gasteiger partial charge in [0.1, 0.15) is 67.1 Å². The highest BCUT2D eigenvalue weighted by atomic mass is 16.8. The SMILES string of the molecule is CC(C)=CCC1OC23CC4(CO2)C(CCC2C5(C)CCC(O[C@@H]6O[C@H](CO)[C@@H](O)[C@@H](O[C@@H]7O[C@H](CO)[C@@H](O)[C@@H](O)[C@H]7O)[C@H]6O[C@@H]6O[C@H](C)[C@H](O)[C@@H](O)[C@H]6O)C(C)(C)C5CCC24C)C3C1(C)O. The largest absolute Gasteiger partial charge is 0.394 e. The van der Waals surface area contributed by atoms with Gasteiger partial charge in [-0.15, -0.1) is 0 Å². The highest BCUT2D eigenvalue weighted by molar-refractivity contribution is 5.28. The summed E-state index contributed by atoms with van der Waals surface area (Å²) in [6.45, 7) is 16.1. The van der Waals surface area contributed by atoms with E-state index in [1.807, 2.05) is 6.92 Å². The van der Waals surface area contributed by atoms with Crippen LogP contribution in [0.2, 0.25) is 0 Å². The van der Waals surface area contributed by atoms with Crippen molar-refractivity contribution in [2.75, 3.05) is 19.8 Å². The third kappa shape index (κ3) is 7.32. The molecule has 9 rings (SSSR count). The molecule has 2 spiro atoms. The molecule has 0 aromatic heterocycles. The third-order valence-corrected chi connectivity index (χ3v) is 19.3. The third-order valence-electron chi connectivity index (χ3n) is 19.3. The molecule has 4 saturated carbocycles. The van der Waals surface area contributed by atoms with Crippen molar-refractivity contribution in [2.24, 2.45) is 45.3 Å². The molecule has 9 aliphatic rings. The van der Waals surface area contributed by atoms with E-state index in [0.29, 0.717) is 25.4 Å². The quantitative estimate of drug-likeness (QED) is 0.105. The summed E-state index contributed by atoms with van der Waals surface area (Å²) in [5.41, 5.74) is -0.692. The van der Waals surface area contributed by atoms with Crippen molar-refractivity contribution in [3.8, 4) is 0 Å². The van der Waals surface area contributed by atoms with Crippen molar-refractivity contribution in [2.45, 2.75) is 222 Å². The Balaban J connectivity index is 0.986. The second-order valence-corrected chi connectivity index (χ2v) is 23.3. The van der Waals surface area contributed by atoms with E-state index >= 15 is 0 Å². The smallest absolute Gasteiger partial charge is 0.187 e. The normalized spacial score (nSPS) is 57.4. The zero-order valence-corrected chi connectivity index (χ0v) is 39.7. The van der Waals surface area contributed by atoms with Crippen LogP contribution in [-0.4, -0.2) is 187 Å². The summed E-state index contributed by atoms with van der Waals surface area (Å²) < 4.78 is 51.1. The molecule has 378 valence electrons. The molecule has 9 fully saturated rings. The summed E-state index contributed by atoms with van der Waals surface area (Å²) in [6, 6.07) is 0. The lowest BCUT2D eigenvalue weighted by Crippen LogP contribution is -2.68. The van der Waals surface area contributed by atoms with Gasteiger partial charge in [-0.1, -0.05) is 39.3 Å². The Bertz CT molecular complexity index is 1790. The highest BCUT2D eigenvalue weighted by Crippen LogP contribution is 2.81. The fourth-order valence-corrected chi connectivity index (χ4v) is 15.9. The van der Waals surface area contributed by atoms with Crippen molar-refractivity contribution in [3.63, 3.8) is 0 Å². The van der Waals surface area contributed by atoms with Crippen molar-refractivity contribution < 1.29 is 89.0 Å². The van der Waals surface area contributed by atoms with Gasteiger partial charge in [0, 0.05) is 17.8 Å². The van der Waals surface area contributed by atoms with Crippen LogP contribution in [0.5, 0.6) is 0 Å². The molecule has 26 atom stereocenters. The zero-order chi connectivity index (χ0) is 47.8. The molecule has 2 bridgehead atoms. The maximum Gasteiger partial charge on any atom is 0.187 e. The molecule has 66 heavy (non-hydrogen) atoms. The molecule has 5 heterocycles. The minimum absolute atomic E-state index is 0.0887. The molecule has 10 N–H and O–H groups in total. The van der Waals surface area contributed by atoms with E-state index in [1.165, 1.54) is 12.5 Å². The topological polar surface area (TPSA) is 276 Å². The Hall–Kier alpha value is -0.980. The van der Waals surface area contributed by atoms with Crippen molar-refractivity contribution in [3.05, 3.63) is 11.6 Å². The molecular weight excluding hydrogens is 865 g/mol. The maximum atomic E-state index is 12.3. The first-order chi connectivity index (χ1) is 30.9. The molecule has 18 heteroatoms. The van der Waals surface area contributed by atoms with E-state index < -0.39 is 128 Å². The van der Waals surface area contributed by atoms with Crippen LogP contribution >= 0.6 is 0 Å². The van der Waals surface area contributed by atoms with E-state index in [4.69, 9.17) is 37.9 Å². The summed E-state index contributed by atoms with van der Waals surface area (Å²) in [6.07, 6.45) is -15.6. The number of rotatable bonds is 10. The molecule has 5 saturated heterocycles. The number of fused-ring (bicyclic) bond motifs is 4. The summed E-state index contributed by atoms with van der Waals surface area (Å²) in [5.74, 6) is -0.143. The van der Waals surface area contributed by atoms with Gasteiger partial charge in [0.15, 0.2) is 24.7 Å². The molecule has 0 aromatic carbocycles. The Morgan fingerprint density at radius 1 is 0.667 bits per heavy atom. The Morgan fingerprint density at radius 2 is 1.29 bits per heavy atom. The van der Waals surface area contributed by atoms with Gasteiger partial charge < -0.3 is 89.0 Å².